The smallest absolute Gasteiger partial charge is 0.274 e. The summed E-state index contributed by atoms with van der Waals surface area (Å²) >= 11 is 0. The van der Waals surface area contributed by atoms with Crippen molar-refractivity contribution in [2.45, 2.75) is 18.3 Å². The molecule has 0 bridgehead atoms. The monoisotopic (exact) mass is 232 g/mol. The minimum absolute atomic E-state index is 0.0339. The van der Waals surface area contributed by atoms with Gasteiger partial charge in [-0.15, -0.1) is 0 Å². The van der Waals surface area contributed by atoms with Gasteiger partial charge in [0, 0.05) is 18.9 Å². The van der Waals surface area contributed by atoms with Crippen molar-refractivity contribution in [1.82, 2.24) is 0 Å². The highest BCUT2D eigenvalue weighted by atomic mass is 16.6. The maximum absolute atomic E-state index is 11.0. The number of phenols is 1. The second-order valence-electron chi connectivity index (χ2n) is 4.04. The molecule has 1 saturated carbocycles. The number of benzene rings is 1. The molecular weight excluding hydrogens is 224 g/mol. The number of carbonyl (C=O) groups excluding carboxylic acids is 1. The lowest BCUT2D eigenvalue weighted by atomic mass is 9.64. The summed E-state index contributed by atoms with van der Waals surface area (Å²) in [5.74, 6) is -0.260. The number of carbonyl (C=O) groups is 1. The van der Waals surface area contributed by atoms with Crippen LogP contribution in [0.15, 0.2) is 18.2 Å². The Morgan fingerprint density at radius 3 is 2.59 bits per heavy atom. The average Bonchev–Trinajstić information content (AvgIpc) is 2.24. The molecule has 0 aliphatic heterocycles. The Bertz CT molecular complexity index is 551. The SMILES string of the molecule is N#CC1(c2cc(O)ccc2[N+](=O)[O-])CC(=O)C1. The van der Waals surface area contributed by atoms with Crippen LogP contribution in [0.2, 0.25) is 0 Å². The number of aromatic hydroxyl groups is 1. The summed E-state index contributed by atoms with van der Waals surface area (Å²) in [4.78, 5) is 21.3. The topological polar surface area (TPSA) is 104 Å². The molecular formula is C11H8N2O4. The predicted octanol–water partition coefficient (Wildman–Crippen LogP) is 1.42. The standard InChI is InChI=1S/C11H8N2O4/c12-6-11(4-8(15)5-11)9-3-7(14)1-2-10(9)13(16)17/h1-3,14H,4-5H2. The maximum atomic E-state index is 11.0. The molecule has 2 rings (SSSR count). The molecule has 1 aliphatic carbocycles. The molecule has 0 heterocycles. The summed E-state index contributed by atoms with van der Waals surface area (Å²) in [6.07, 6.45) is -0.0679. The van der Waals surface area contributed by atoms with Gasteiger partial charge in [0.15, 0.2) is 0 Å². The third-order valence-corrected chi connectivity index (χ3v) is 2.90. The molecule has 1 N–H and O–H groups in total. The quantitative estimate of drug-likeness (QED) is 0.613. The first-order valence-electron chi connectivity index (χ1n) is 4.89. The number of hydrogen-bond donors (Lipinski definition) is 1. The van der Waals surface area contributed by atoms with Crippen molar-refractivity contribution in [3.8, 4) is 11.8 Å². The minimum Gasteiger partial charge on any atom is -0.508 e. The molecule has 6 nitrogen and oxygen atoms in total. The number of nitriles is 1. The molecule has 1 aromatic carbocycles. The lowest BCUT2D eigenvalue weighted by Crippen LogP contribution is -2.40. The highest BCUT2D eigenvalue weighted by Crippen LogP contribution is 2.45. The first-order valence-corrected chi connectivity index (χ1v) is 4.89. The molecule has 1 aliphatic rings. The summed E-state index contributed by atoms with van der Waals surface area (Å²) in [6.45, 7) is 0. The van der Waals surface area contributed by atoms with Gasteiger partial charge in [-0.25, -0.2) is 0 Å². The summed E-state index contributed by atoms with van der Waals surface area (Å²) in [5.41, 5.74) is -1.28. The number of phenolic OH excluding ortho intramolecular Hbond substituents is 1. The van der Waals surface area contributed by atoms with E-state index in [9.17, 15) is 20.0 Å². The third-order valence-electron chi connectivity index (χ3n) is 2.90. The molecule has 17 heavy (non-hydrogen) atoms. The molecule has 0 saturated heterocycles. The van der Waals surface area contributed by atoms with Crippen LogP contribution in [-0.4, -0.2) is 15.8 Å². The highest BCUT2D eigenvalue weighted by molar-refractivity contribution is 5.90. The molecule has 0 aromatic heterocycles. The lowest BCUT2D eigenvalue weighted by molar-refractivity contribution is -0.386. The van der Waals surface area contributed by atoms with E-state index in [4.69, 9.17) is 5.26 Å². The van der Waals surface area contributed by atoms with Crippen LogP contribution in [0.3, 0.4) is 0 Å². The van der Waals surface area contributed by atoms with E-state index in [1.807, 2.05) is 6.07 Å². The second-order valence-corrected chi connectivity index (χ2v) is 4.04. The molecule has 0 amide bonds. The van der Waals surface area contributed by atoms with Crippen molar-refractivity contribution in [3.05, 3.63) is 33.9 Å². The van der Waals surface area contributed by atoms with Gasteiger partial charge in [-0.1, -0.05) is 0 Å². The number of hydrogen-bond acceptors (Lipinski definition) is 5. The molecule has 6 heteroatoms. The van der Waals surface area contributed by atoms with E-state index in [1.165, 1.54) is 12.1 Å². The molecule has 1 fully saturated rings. The van der Waals surface area contributed by atoms with Gasteiger partial charge in [0.25, 0.3) is 5.69 Å². The Hall–Kier alpha value is -2.42. The van der Waals surface area contributed by atoms with E-state index in [0.717, 1.165) is 6.07 Å². The Morgan fingerprint density at radius 2 is 2.12 bits per heavy atom. The fourth-order valence-electron chi connectivity index (χ4n) is 2.02. The molecule has 0 spiro atoms. The first kappa shape index (κ1) is 11.1. The molecule has 1 aromatic rings. The number of ketones is 1. The zero-order chi connectivity index (χ0) is 12.6. The number of nitrogens with zero attached hydrogens (tertiary/aromatic N) is 2. The van der Waals surface area contributed by atoms with Crippen molar-refractivity contribution in [2.24, 2.45) is 0 Å². The Kier molecular flexibility index (Phi) is 2.32. The largest absolute Gasteiger partial charge is 0.508 e. The van der Waals surface area contributed by atoms with Crippen LogP contribution >= 0.6 is 0 Å². The van der Waals surface area contributed by atoms with Gasteiger partial charge < -0.3 is 5.11 Å². The average molecular weight is 232 g/mol. The van der Waals surface area contributed by atoms with Gasteiger partial charge in [0.05, 0.1) is 16.6 Å². The van der Waals surface area contributed by atoms with Gasteiger partial charge in [-0.2, -0.15) is 5.26 Å². The number of rotatable bonds is 2. The summed E-state index contributed by atoms with van der Waals surface area (Å²) in [7, 11) is 0. The highest BCUT2D eigenvalue weighted by Gasteiger charge is 2.49. The summed E-state index contributed by atoms with van der Waals surface area (Å²) in [6, 6.07) is 5.47. The second kappa shape index (κ2) is 3.56. The van der Waals surface area contributed by atoms with E-state index in [0.29, 0.717) is 0 Å². The van der Waals surface area contributed by atoms with Gasteiger partial charge in [0.1, 0.15) is 16.9 Å². The Balaban J connectivity index is 2.58. The van der Waals surface area contributed by atoms with E-state index in [1.54, 1.807) is 0 Å². The summed E-state index contributed by atoms with van der Waals surface area (Å²) in [5, 5.41) is 29.3. The molecule has 0 atom stereocenters. The van der Waals surface area contributed by atoms with Crippen LogP contribution in [-0.2, 0) is 10.2 Å². The molecule has 0 unspecified atom stereocenters. The van der Waals surface area contributed by atoms with Crippen molar-refractivity contribution in [2.75, 3.05) is 0 Å². The number of nitro groups is 1. The minimum atomic E-state index is -1.15. The van der Waals surface area contributed by atoms with E-state index in [-0.39, 0.29) is 35.6 Å². The van der Waals surface area contributed by atoms with Crippen LogP contribution in [0, 0.1) is 21.4 Å². The van der Waals surface area contributed by atoms with Crippen LogP contribution in [0.4, 0.5) is 5.69 Å². The van der Waals surface area contributed by atoms with Crippen LogP contribution < -0.4 is 0 Å². The first-order chi connectivity index (χ1) is 7.98. The number of nitro benzene ring substituents is 1. The van der Waals surface area contributed by atoms with Crippen molar-refractivity contribution >= 4 is 11.5 Å². The normalized spacial score (nSPS) is 17.0. The zero-order valence-corrected chi connectivity index (χ0v) is 8.71. The predicted molar refractivity (Wildman–Crippen MR) is 56.3 cm³/mol. The Morgan fingerprint density at radius 1 is 1.47 bits per heavy atom. The van der Waals surface area contributed by atoms with E-state index in [2.05, 4.69) is 0 Å². The van der Waals surface area contributed by atoms with Crippen molar-refractivity contribution in [1.29, 1.82) is 5.26 Å². The lowest BCUT2D eigenvalue weighted by Gasteiger charge is -2.33. The third kappa shape index (κ3) is 1.61. The van der Waals surface area contributed by atoms with Crippen molar-refractivity contribution < 1.29 is 14.8 Å². The van der Waals surface area contributed by atoms with Gasteiger partial charge >= 0.3 is 0 Å². The van der Waals surface area contributed by atoms with Crippen LogP contribution in [0.1, 0.15) is 18.4 Å². The van der Waals surface area contributed by atoms with Gasteiger partial charge in [-0.3, -0.25) is 14.9 Å². The van der Waals surface area contributed by atoms with Crippen LogP contribution in [0.25, 0.3) is 0 Å². The number of Topliss-reactive ketones (excluding diaryl/α,β-unsaturated/α-hetero) is 1. The van der Waals surface area contributed by atoms with E-state index < -0.39 is 10.3 Å². The zero-order valence-electron chi connectivity index (χ0n) is 8.71. The molecule has 86 valence electrons. The van der Waals surface area contributed by atoms with E-state index >= 15 is 0 Å². The molecule has 0 radical (unpaired) electrons. The van der Waals surface area contributed by atoms with Crippen molar-refractivity contribution in [3.63, 3.8) is 0 Å². The fourth-order valence-corrected chi connectivity index (χ4v) is 2.02. The summed E-state index contributed by atoms with van der Waals surface area (Å²) < 4.78 is 0. The van der Waals surface area contributed by atoms with Gasteiger partial charge in [-0.05, 0) is 12.1 Å². The van der Waals surface area contributed by atoms with Crippen LogP contribution in [0.5, 0.6) is 5.75 Å². The Labute approximate surface area is 96.3 Å². The maximum Gasteiger partial charge on any atom is 0.274 e. The van der Waals surface area contributed by atoms with Gasteiger partial charge in [0.2, 0.25) is 0 Å². The fraction of sp³-hybridized carbons (Fsp3) is 0.273.